The van der Waals surface area contributed by atoms with Crippen molar-refractivity contribution < 1.29 is 9.53 Å². The van der Waals surface area contributed by atoms with E-state index >= 15 is 0 Å². The summed E-state index contributed by atoms with van der Waals surface area (Å²) in [5, 5.41) is 3.04. The monoisotopic (exact) mass is 481 g/mol. The lowest BCUT2D eigenvalue weighted by molar-refractivity contribution is 0.0186. The Morgan fingerprint density at radius 3 is 2.48 bits per heavy atom. The molecule has 1 aliphatic rings. The zero-order chi connectivity index (χ0) is 17.7. The number of hydrogen-bond donors (Lipinski definition) is 1. The van der Waals surface area contributed by atoms with Gasteiger partial charge in [-0.1, -0.05) is 6.92 Å². The van der Waals surface area contributed by atoms with Gasteiger partial charge in [0.15, 0.2) is 5.96 Å². The van der Waals surface area contributed by atoms with Crippen molar-refractivity contribution in [3.05, 3.63) is 16.6 Å². The average molecular weight is 481 g/mol. The molecular formula is C16H28IN5O2S. The molecule has 1 aromatic heterocycles. The molecule has 0 aromatic carbocycles. The fourth-order valence-corrected chi connectivity index (χ4v) is 3.02. The minimum atomic E-state index is -0.472. The highest BCUT2D eigenvalue weighted by Crippen LogP contribution is 2.18. The van der Waals surface area contributed by atoms with Crippen LogP contribution in [0, 0.1) is 0 Å². The number of rotatable bonds is 3. The number of carbonyl (C=O) groups is 1. The third-order valence-corrected chi connectivity index (χ3v) is 4.66. The maximum absolute atomic E-state index is 12.1. The Kier molecular flexibility index (Phi) is 8.39. The lowest BCUT2D eigenvalue weighted by Gasteiger charge is -2.36. The number of thiazole rings is 1. The van der Waals surface area contributed by atoms with Crippen LogP contribution in [-0.4, -0.2) is 65.2 Å². The van der Waals surface area contributed by atoms with Crippen LogP contribution in [0.2, 0.25) is 0 Å². The zero-order valence-corrected chi connectivity index (χ0v) is 18.4. The van der Waals surface area contributed by atoms with Gasteiger partial charge in [-0.05, 0) is 20.8 Å². The zero-order valence-electron chi connectivity index (χ0n) is 15.3. The van der Waals surface area contributed by atoms with Gasteiger partial charge in [-0.15, -0.1) is 35.3 Å². The van der Waals surface area contributed by atoms with E-state index in [0.29, 0.717) is 38.7 Å². The van der Waals surface area contributed by atoms with Crippen molar-refractivity contribution in [3.63, 3.8) is 0 Å². The number of hydrogen-bond acceptors (Lipinski definition) is 5. The molecule has 142 valence electrons. The van der Waals surface area contributed by atoms with E-state index in [2.05, 4.69) is 16.9 Å². The number of guanidine groups is 1. The van der Waals surface area contributed by atoms with E-state index < -0.39 is 5.60 Å². The molecule has 0 bridgehead atoms. The Morgan fingerprint density at radius 1 is 1.36 bits per heavy atom. The van der Waals surface area contributed by atoms with E-state index in [1.165, 1.54) is 0 Å². The normalized spacial score (nSPS) is 17.0. The molecule has 0 radical (unpaired) electrons. The number of aromatic nitrogens is 1. The van der Waals surface area contributed by atoms with Crippen LogP contribution in [0.25, 0.3) is 0 Å². The third-order valence-electron chi connectivity index (χ3n) is 3.66. The summed E-state index contributed by atoms with van der Waals surface area (Å²) in [4.78, 5) is 24.6. The molecule has 0 aliphatic carbocycles. The number of carbonyl (C=O) groups excluding carboxylic acids is 1. The van der Waals surface area contributed by atoms with E-state index in [-0.39, 0.29) is 36.0 Å². The number of nitrogens with two attached hydrogens (primary N) is 1. The molecule has 25 heavy (non-hydrogen) atoms. The van der Waals surface area contributed by atoms with Gasteiger partial charge in [0.05, 0.1) is 11.6 Å². The van der Waals surface area contributed by atoms with Crippen molar-refractivity contribution in [2.75, 3.05) is 32.7 Å². The summed E-state index contributed by atoms with van der Waals surface area (Å²) in [6.45, 7) is 10.8. The number of aliphatic imine (C=N–C) groups is 1. The van der Waals surface area contributed by atoms with Crippen LogP contribution in [0.15, 0.2) is 16.6 Å². The van der Waals surface area contributed by atoms with Gasteiger partial charge in [0, 0.05) is 43.7 Å². The molecular weight excluding hydrogens is 453 g/mol. The molecule has 7 nitrogen and oxygen atoms in total. The topological polar surface area (TPSA) is 84.0 Å². The standard InChI is InChI=1S/C16H27N5O2S.HI/c1-12(13-18-5-10-24-13)11-19-14(17)20-6-8-21(9-7-20)15(22)23-16(2,3)4;/h5,10,12H,6-9,11H2,1-4H3,(H2,17,19);1H. The van der Waals surface area contributed by atoms with E-state index in [0.717, 1.165) is 5.01 Å². The molecule has 0 saturated carbocycles. The second kappa shape index (κ2) is 9.56. The Hall–Kier alpha value is -1.10. The molecule has 1 aromatic rings. The summed E-state index contributed by atoms with van der Waals surface area (Å²) in [6, 6.07) is 0. The van der Waals surface area contributed by atoms with Crippen molar-refractivity contribution in [1.82, 2.24) is 14.8 Å². The van der Waals surface area contributed by atoms with Gasteiger partial charge in [0.2, 0.25) is 0 Å². The lowest BCUT2D eigenvalue weighted by Crippen LogP contribution is -2.53. The first kappa shape index (κ1) is 21.9. The van der Waals surface area contributed by atoms with E-state index in [1.807, 2.05) is 31.1 Å². The molecule has 1 aliphatic heterocycles. The first-order valence-electron chi connectivity index (χ1n) is 8.18. The van der Waals surface area contributed by atoms with Gasteiger partial charge in [-0.25, -0.2) is 9.78 Å². The Balaban J connectivity index is 0.00000312. The van der Waals surface area contributed by atoms with Crippen LogP contribution in [-0.2, 0) is 4.74 Å². The summed E-state index contributed by atoms with van der Waals surface area (Å²) >= 11 is 1.63. The number of ether oxygens (including phenoxy) is 1. The molecule has 2 heterocycles. The number of amides is 1. The highest BCUT2D eigenvalue weighted by Gasteiger charge is 2.26. The molecule has 2 rings (SSSR count). The maximum atomic E-state index is 12.1. The van der Waals surface area contributed by atoms with Crippen molar-refractivity contribution in [3.8, 4) is 0 Å². The fourth-order valence-electron chi connectivity index (χ4n) is 2.33. The minimum Gasteiger partial charge on any atom is -0.444 e. The van der Waals surface area contributed by atoms with Crippen LogP contribution < -0.4 is 5.73 Å². The quantitative estimate of drug-likeness (QED) is 0.408. The van der Waals surface area contributed by atoms with Gasteiger partial charge >= 0.3 is 6.09 Å². The van der Waals surface area contributed by atoms with Gasteiger partial charge in [0.1, 0.15) is 5.60 Å². The van der Waals surface area contributed by atoms with Crippen molar-refractivity contribution in [1.29, 1.82) is 0 Å². The van der Waals surface area contributed by atoms with Gasteiger partial charge in [0.25, 0.3) is 0 Å². The van der Waals surface area contributed by atoms with Gasteiger partial charge in [-0.3, -0.25) is 4.99 Å². The minimum absolute atomic E-state index is 0. The Bertz CT molecular complexity index is 566. The summed E-state index contributed by atoms with van der Waals surface area (Å²) in [5.74, 6) is 0.786. The number of piperazine rings is 1. The predicted octanol–water partition coefficient (Wildman–Crippen LogP) is 2.73. The maximum Gasteiger partial charge on any atom is 0.410 e. The summed E-state index contributed by atoms with van der Waals surface area (Å²) in [6.07, 6.45) is 1.54. The van der Waals surface area contributed by atoms with Crippen molar-refractivity contribution in [2.24, 2.45) is 10.7 Å². The first-order chi connectivity index (χ1) is 11.3. The smallest absolute Gasteiger partial charge is 0.410 e. The fraction of sp³-hybridized carbons (Fsp3) is 0.688. The molecule has 0 spiro atoms. The van der Waals surface area contributed by atoms with Crippen LogP contribution in [0.4, 0.5) is 4.79 Å². The summed E-state index contributed by atoms with van der Waals surface area (Å²) in [5.41, 5.74) is 5.63. The highest BCUT2D eigenvalue weighted by atomic mass is 127. The Labute approximate surface area is 170 Å². The predicted molar refractivity (Wildman–Crippen MR) is 112 cm³/mol. The van der Waals surface area contributed by atoms with Crippen molar-refractivity contribution in [2.45, 2.75) is 39.2 Å². The number of nitrogens with zero attached hydrogens (tertiary/aromatic N) is 4. The first-order valence-corrected chi connectivity index (χ1v) is 9.06. The van der Waals surface area contributed by atoms with Crippen LogP contribution in [0.3, 0.4) is 0 Å². The third kappa shape index (κ3) is 6.96. The lowest BCUT2D eigenvalue weighted by atomic mass is 10.2. The van der Waals surface area contributed by atoms with Crippen LogP contribution in [0.1, 0.15) is 38.6 Å². The SMILES string of the molecule is CC(CN=C(N)N1CCN(C(=O)OC(C)(C)C)CC1)c1nccs1.I. The van der Waals surface area contributed by atoms with Crippen molar-refractivity contribution >= 4 is 47.4 Å². The Morgan fingerprint density at radius 2 is 1.96 bits per heavy atom. The molecule has 1 fully saturated rings. The second-order valence-corrected chi connectivity index (χ2v) is 7.85. The molecule has 1 saturated heterocycles. The summed E-state index contributed by atoms with van der Waals surface area (Å²) in [7, 11) is 0. The molecule has 1 amide bonds. The van der Waals surface area contributed by atoms with Crippen LogP contribution >= 0.6 is 35.3 Å². The van der Waals surface area contributed by atoms with Gasteiger partial charge < -0.3 is 20.3 Å². The number of halogens is 1. The van der Waals surface area contributed by atoms with E-state index in [4.69, 9.17) is 10.5 Å². The highest BCUT2D eigenvalue weighted by molar-refractivity contribution is 14.0. The molecule has 2 N–H and O–H groups in total. The van der Waals surface area contributed by atoms with Gasteiger partial charge in [-0.2, -0.15) is 0 Å². The molecule has 1 atom stereocenters. The molecule has 9 heteroatoms. The second-order valence-electron chi connectivity index (χ2n) is 6.92. The van der Waals surface area contributed by atoms with Crippen LogP contribution in [0.5, 0.6) is 0 Å². The van der Waals surface area contributed by atoms with E-state index in [1.54, 1.807) is 22.4 Å². The largest absolute Gasteiger partial charge is 0.444 e. The average Bonchev–Trinajstić information content (AvgIpc) is 3.05. The van der Waals surface area contributed by atoms with E-state index in [9.17, 15) is 4.79 Å². The molecule has 1 unspecified atom stereocenters. The summed E-state index contributed by atoms with van der Waals surface area (Å²) < 4.78 is 5.39.